The first-order valence-electron chi connectivity index (χ1n) is 5.63. The number of anilines is 3. The quantitative estimate of drug-likeness (QED) is 0.774. The second-order valence-electron chi connectivity index (χ2n) is 4.22. The van der Waals surface area contributed by atoms with Gasteiger partial charge in [-0.15, -0.1) is 0 Å². The van der Waals surface area contributed by atoms with Gasteiger partial charge < -0.3 is 15.8 Å². The van der Waals surface area contributed by atoms with Crippen molar-refractivity contribution in [3.8, 4) is 0 Å². The molecule has 0 atom stereocenters. The maximum atomic E-state index is 5.65. The fraction of sp³-hybridized carbons (Fsp3) is 0.143. The zero-order chi connectivity index (χ0) is 11.7. The van der Waals surface area contributed by atoms with E-state index in [0.29, 0.717) is 6.61 Å². The van der Waals surface area contributed by atoms with Crippen LogP contribution in [0, 0.1) is 0 Å². The molecule has 0 saturated carbocycles. The molecule has 3 heteroatoms. The molecule has 0 aliphatic carbocycles. The lowest BCUT2D eigenvalue weighted by Gasteiger charge is -2.08. The second kappa shape index (κ2) is 4.11. The number of nitrogen functional groups attached to an aromatic ring is 1. The van der Waals surface area contributed by atoms with E-state index in [0.717, 1.165) is 23.7 Å². The summed E-state index contributed by atoms with van der Waals surface area (Å²) in [7, 11) is 0. The average Bonchev–Trinajstić information content (AvgIpc) is 2.79. The van der Waals surface area contributed by atoms with Gasteiger partial charge in [0.1, 0.15) is 0 Å². The van der Waals surface area contributed by atoms with Crippen LogP contribution < -0.4 is 11.1 Å². The van der Waals surface area contributed by atoms with Gasteiger partial charge in [-0.1, -0.05) is 6.07 Å². The van der Waals surface area contributed by atoms with Crippen molar-refractivity contribution in [2.24, 2.45) is 0 Å². The Balaban J connectivity index is 1.83. The first-order chi connectivity index (χ1) is 8.31. The Hall–Kier alpha value is -2.00. The molecule has 0 bridgehead atoms. The molecule has 1 heterocycles. The molecular formula is C14H14N2O. The van der Waals surface area contributed by atoms with Crippen LogP contribution in [0.2, 0.25) is 0 Å². The van der Waals surface area contributed by atoms with E-state index in [9.17, 15) is 0 Å². The highest BCUT2D eigenvalue weighted by Gasteiger charge is 2.10. The van der Waals surface area contributed by atoms with E-state index in [-0.39, 0.29) is 0 Å². The highest BCUT2D eigenvalue weighted by molar-refractivity contribution is 5.63. The number of rotatable bonds is 2. The fourth-order valence-corrected chi connectivity index (χ4v) is 1.98. The first-order valence-corrected chi connectivity index (χ1v) is 5.63. The standard InChI is InChI=1S/C14H14N2O/c15-12-2-5-13(6-3-12)16-14-4-1-10-8-17-9-11(10)7-14/h1-7,16H,8-9,15H2. The largest absolute Gasteiger partial charge is 0.399 e. The molecule has 0 radical (unpaired) electrons. The smallest absolute Gasteiger partial charge is 0.0725 e. The lowest BCUT2D eigenvalue weighted by atomic mass is 10.1. The number of hydrogen-bond donors (Lipinski definition) is 2. The molecule has 1 aliphatic heterocycles. The maximum Gasteiger partial charge on any atom is 0.0725 e. The normalized spacial score (nSPS) is 13.4. The van der Waals surface area contributed by atoms with E-state index in [1.54, 1.807) is 0 Å². The van der Waals surface area contributed by atoms with Crippen LogP contribution in [0.15, 0.2) is 42.5 Å². The molecule has 3 N–H and O–H groups in total. The molecule has 86 valence electrons. The van der Waals surface area contributed by atoms with Crippen LogP contribution in [-0.4, -0.2) is 0 Å². The van der Waals surface area contributed by atoms with Crippen molar-refractivity contribution in [2.75, 3.05) is 11.1 Å². The Morgan fingerprint density at radius 3 is 2.41 bits per heavy atom. The average molecular weight is 226 g/mol. The SMILES string of the molecule is Nc1ccc(Nc2ccc3c(c2)COC3)cc1. The van der Waals surface area contributed by atoms with Crippen molar-refractivity contribution >= 4 is 17.1 Å². The third kappa shape index (κ3) is 2.10. The summed E-state index contributed by atoms with van der Waals surface area (Å²) in [6.45, 7) is 1.45. The maximum absolute atomic E-state index is 5.65. The van der Waals surface area contributed by atoms with Crippen molar-refractivity contribution in [2.45, 2.75) is 13.2 Å². The number of ether oxygens (including phenoxy) is 1. The summed E-state index contributed by atoms with van der Waals surface area (Å²) in [6, 6.07) is 14.0. The lowest BCUT2D eigenvalue weighted by Crippen LogP contribution is -1.92. The van der Waals surface area contributed by atoms with E-state index in [1.165, 1.54) is 11.1 Å². The zero-order valence-corrected chi connectivity index (χ0v) is 9.44. The Morgan fingerprint density at radius 1 is 0.882 bits per heavy atom. The summed E-state index contributed by atoms with van der Waals surface area (Å²) in [5.74, 6) is 0. The minimum absolute atomic E-state index is 0.715. The fourth-order valence-electron chi connectivity index (χ4n) is 1.98. The van der Waals surface area contributed by atoms with E-state index in [1.807, 2.05) is 24.3 Å². The summed E-state index contributed by atoms with van der Waals surface area (Å²) in [6.07, 6.45) is 0. The molecule has 0 unspecified atom stereocenters. The van der Waals surface area contributed by atoms with Crippen LogP contribution in [0.3, 0.4) is 0 Å². The van der Waals surface area contributed by atoms with Gasteiger partial charge in [0.25, 0.3) is 0 Å². The van der Waals surface area contributed by atoms with Gasteiger partial charge in [-0.2, -0.15) is 0 Å². The van der Waals surface area contributed by atoms with Crippen LogP contribution in [0.25, 0.3) is 0 Å². The third-order valence-corrected chi connectivity index (χ3v) is 2.92. The van der Waals surface area contributed by atoms with Gasteiger partial charge >= 0.3 is 0 Å². The predicted molar refractivity (Wildman–Crippen MR) is 69.1 cm³/mol. The van der Waals surface area contributed by atoms with E-state index < -0.39 is 0 Å². The van der Waals surface area contributed by atoms with Gasteiger partial charge in [0, 0.05) is 17.1 Å². The Bertz CT molecular complexity index is 534. The molecule has 1 aliphatic rings. The van der Waals surface area contributed by atoms with Gasteiger partial charge in [0.05, 0.1) is 13.2 Å². The molecule has 0 aromatic heterocycles. The monoisotopic (exact) mass is 226 g/mol. The van der Waals surface area contributed by atoms with Crippen LogP contribution in [0.5, 0.6) is 0 Å². The Labute approximate surface area is 100 Å². The van der Waals surface area contributed by atoms with Gasteiger partial charge in [-0.25, -0.2) is 0 Å². The molecule has 0 fully saturated rings. The minimum Gasteiger partial charge on any atom is -0.399 e. The summed E-state index contributed by atoms with van der Waals surface area (Å²) < 4.78 is 5.39. The molecule has 3 rings (SSSR count). The second-order valence-corrected chi connectivity index (χ2v) is 4.22. The summed E-state index contributed by atoms with van der Waals surface area (Å²) in [5.41, 5.74) is 11.1. The molecular weight excluding hydrogens is 212 g/mol. The molecule has 2 aromatic carbocycles. The van der Waals surface area contributed by atoms with Gasteiger partial charge in [-0.3, -0.25) is 0 Å². The lowest BCUT2D eigenvalue weighted by molar-refractivity contribution is 0.134. The van der Waals surface area contributed by atoms with Crippen LogP contribution in [0.4, 0.5) is 17.1 Å². The summed E-state index contributed by atoms with van der Waals surface area (Å²) in [5, 5.41) is 3.35. The van der Waals surface area contributed by atoms with Crippen LogP contribution in [0.1, 0.15) is 11.1 Å². The molecule has 17 heavy (non-hydrogen) atoms. The number of nitrogens with one attached hydrogen (secondary N) is 1. The van der Waals surface area contributed by atoms with Crippen molar-refractivity contribution in [1.82, 2.24) is 0 Å². The summed E-state index contributed by atoms with van der Waals surface area (Å²) >= 11 is 0. The molecule has 0 saturated heterocycles. The Morgan fingerprint density at radius 2 is 1.59 bits per heavy atom. The van der Waals surface area contributed by atoms with Gasteiger partial charge in [0.15, 0.2) is 0 Å². The Kier molecular flexibility index (Phi) is 2.46. The molecule has 0 amide bonds. The van der Waals surface area contributed by atoms with Crippen molar-refractivity contribution < 1.29 is 4.74 Å². The first kappa shape index (κ1) is 10.2. The number of benzene rings is 2. The van der Waals surface area contributed by atoms with Crippen molar-refractivity contribution in [3.63, 3.8) is 0 Å². The van der Waals surface area contributed by atoms with Gasteiger partial charge in [0.2, 0.25) is 0 Å². The van der Waals surface area contributed by atoms with Crippen LogP contribution >= 0.6 is 0 Å². The van der Waals surface area contributed by atoms with E-state index in [4.69, 9.17) is 10.5 Å². The highest BCUT2D eigenvalue weighted by Crippen LogP contribution is 2.25. The summed E-state index contributed by atoms with van der Waals surface area (Å²) in [4.78, 5) is 0. The number of hydrogen-bond acceptors (Lipinski definition) is 3. The minimum atomic E-state index is 0.715. The topological polar surface area (TPSA) is 47.3 Å². The van der Waals surface area contributed by atoms with Gasteiger partial charge in [-0.05, 0) is 47.5 Å². The molecule has 0 spiro atoms. The van der Waals surface area contributed by atoms with Crippen LogP contribution in [-0.2, 0) is 18.0 Å². The van der Waals surface area contributed by atoms with E-state index >= 15 is 0 Å². The highest BCUT2D eigenvalue weighted by atomic mass is 16.5. The number of nitrogens with two attached hydrogens (primary N) is 1. The number of fused-ring (bicyclic) bond motifs is 1. The van der Waals surface area contributed by atoms with Crippen molar-refractivity contribution in [1.29, 1.82) is 0 Å². The zero-order valence-electron chi connectivity index (χ0n) is 9.44. The molecule has 2 aromatic rings. The van der Waals surface area contributed by atoms with E-state index in [2.05, 4.69) is 23.5 Å². The molecule has 3 nitrogen and oxygen atoms in total. The third-order valence-electron chi connectivity index (χ3n) is 2.92. The predicted octanol–water partition coefficient (Wildman–Crippen LogP) is 3.04. The van der Waals surface area contributed by atoms with Crippen molar-refractivity contribution in [3.05, 3.63) is 53.6 Å².